The van der Waals surface area contributed by atoms with E-state index in [-0.39, 0.29) is 0 Å². The summed E-state index contributed by atoms with van der Waals surface area (Å²) in [6.07, 6.45) is 10.9. The van der Waals surface area contributed by atoms with Gasteiger partial charge in [-0.1, -0.05) is 50.1 Å². The van der Waals surface area contributed by atoms with E-state index in [2.05, 4.69) is 42.6 Å². The first-order valence-corrected chi connectivity index (χ1v) is 8.12. The Morgan fingerprint density at radius 1 is 1.00 bits per heavy atom. The molecule has 106 valence electrons. The molecule has 0 amide bonds. The summed E-state index contributed by atoms with van der Waals surface area (Å²) in [5, 5.41) is 3.77. The molecule has 1 fully saturated rings. The van der Waals surface area contributed by atoms with Crippen molar-refractivity contribution in [3.8, 4) is 0 Å². The minimum absolute atomic E-state index is 0.793. The minimum Gasteiger partial charge on any atom is -0.314 e. The summed E-state index contributed by atoms with van der Waals surface area (Å²) < 4.78 is 0. The first kappa shape index (κ1) is 14.6. The van der Waals surface area contributed by atoms with E-state index >= 15 is 0 Å². The zero-order valence-electron chi connectivity index (χ0n) is 12.4. The lowest BCUT2D eigenvalue weighted by Crippen LogP contribution is -2.29. The number of hydrogen-bond donors (Lipinski definition) is 1. The Balaban J connectivity index is 1.54. The number of benzene rings is 1. The second-order valence-electron chi connectivity index (χ2n) is 6.21. The summed E-state index contributed by atoms with van der Waals surface area (Å²) in [5.41, 5.74) is 1.48. The summed E-state index contributed by atoms with van der Waals surface area (Å²) >= 11 is 0. The molecule has 1 aromatic carbocycles. The maximum Gasteiger partial charge on any atom is 0.00671 e. The molecule has 1 aliphatic carbocycles. The van der Waals surface area contributed by atoms with Crippen LogP contribution in [0.5, 0.6) is 0 Å². The van der Waals surface area contributed by atoms with Crippen molar-refractivity contribution in [3.63, 3.8) is 0 Å². The van der Waals surface area contributed by atoms with E-state index in [1.807, 2.05) is 0 Å². The molecule has 0 saturated heterocycles. The summed E-state index contributed by atoms with van der Waals surface area (Å²) in [6, 6.07) is 11.6. The van der Waals surface area contributed by atoms with Crippen LogP contribution >= 0.6 is 0 Å². The SMILES string of the molecule is CC1CCCC(NCCCCc2ccccc2)CC1. The van der Waals surface area contributed by atoms with Gasteiger partial charge in [0.15, 0.2) is 0 Å². The van der Waals surface area contributed by atoms with E-state index in [4.69, 9.17) is 0 Å². The van der Waals surface area contributed by atoms with E-state index in [9.17, 15) is 0 Å². The predicted octanol–water partition coefficient (Wildman–Crippen LogP) is 4.57. The molecule has 1 aromatic rings. The largest absolute Gasteiger partial charge is 0.314 e. The van der Waals surface area contributed by atoms with Gasteiger partial charge in [0.1, 0.15) is 0 Å². The lowest BCUT2D eigenvalue weighted by Gasteiger charge is -2.16. The van der Waals surface area contributed by atoms with Gasteiger partial charge in [0, 0.05) is 6.04 Å². The minimum atomic E-state index is 0.793. The zero-order valence-corrected chi connectivity index (χ0v) is 12.4. The fraction of sp³-hybridized carbons (Fsp3) is 0.667. The molecule has 0 spiro atoms. The van der Waals surface area contributed by atoms with Crippen LogP contribution in [0.2, 0.25) is 0 Å². The Kier molecular flexibility index (Phi) is 6.43. The van der Waals surface area contributed by atoms with Gasteiger partial charge >= 0.3 is 0 Å². The highest BCUT2D eigenvalue weighted by Gasteiger charge is 2.14. The molecule has 19 heavy (non-hydrogen) atoms. The van der Waals surface area contributed by atoms with Crippen molar-refractivity contribution in [1.82, 2.24) is 5.32 Å². The van der Waals surface area contributed by atoms with Crippen molar-refractivity contribution in [2.45, 2.75) is 64.3 Å². The van der Waals surface area contributed by atoms with Crippen molar-refractivity contribution in [2.24, 2.45) is 5.92 Å². The zero-order chi connectivity index (χ0) is 13.3. The van der Waals surface area contributed by atoms with Gasteiger partial charge in [-0.2, -0.15) is 0 Å². The average molecular weight is 259 g/mol. The Labute approximate surface area is 118 Å². The summed E-state index contributed by atoms with van der Waals surface area (Å²) in [6.45, 7) is 3.61. The van der Waals surface area contributed by atoms with Gasteiger partial charge in [-0.15, -0.1) is 0 Å². The quantitative estimate of drug-likeness (QED) is 0.583. The van der Waals surface area contributed by atoms with E-state index in [0.717, 1.165) is 12.0 Å². The van der Waals surface area contributed by atoms with Gasteiger partial charge in [-0.05, 0) is 56.6 Å². The lowest BCUT2D eigenvalue weighted by molar-refractivity contribution is 0.442. The van der Waals surface area contributed by atoms with Crippen LogP contribution in [0.15, 0.2) is 30.3 Å². The van der Waals surface area contributed by atoms with Gasteiger partial charge in [0.25, 0.3) is 0 Å². The molecular formula is C18H29N. The van der Waals surface area contributed by atoms with Crippen molar-refractivity contribution in [2.75, 3.05) is 6.54 Å². The van der Waals surface area contributed by atoms with Crippen LogP contribution in [0.3, 0.4) is 0 Å². The molecule has 1 heteroatoms. The van der Waals surface area contributed by atoms with Crippen molar-refractivity contribution in [1.29, 1.82) is 0 Å². The predicted molar refractivity (Wildman–Crippen MR) is 83.4 cm³/mol. The van der Waals surface area contributed by atoms with Crippen LogP contribution < -0.4 is 5.32 Å². The van der Waals surface area contributed by atoms with E-state index < -0.39 is 0 Å². The normalized spacial score (nSPS) is 24.1. The van der Waals surface area contributed by atoms with Crippen LogP contribution in [0, 0.1) is 5.92 Å². The van der Waals surface area contributed by atoms with E-state index in [1.54, 1.807) is 0 Å². The van der Waals surface area contributed by atoms with Crippen LogP contribution in [0.25, 0.3) is 0 Å². The van der Waals surface area contributed by atoms with Gasteiger partial charge < -0.3 is 5.32 Å². The Hall–Kier alpha value is -0.820. The number of hydrogen-bond acceptors (Lipinski definition) is 1. The second kappa shape index (κ2) is 8.37. The molecule has 1 nitrogen and oxygen atoms in total. The number of nitrogens with one attached hydrogen (secondary N) is 1. The highest BCUT2D eigenvalue weighted by molar-refractivity contribution is 5.14. The van der Waals surface area contributed by atoms with Crippen LogP contribution in [-0.2, 0) is 6.42 Å². The molecular weight excluding hydrogens is 230 g/mol. The van der Waals surface area contributed by atoms with Crippen LogP contribution in [-0.4, -0.2) is 12.6 Å². The highest BCUT2D eigenvalue weighted by atomic mass is 14.9. The second-order valence-corrected chi connectivity index (χ2v) is 6.21. The van der Waals surface area contributed by atoms with E-state index in [1.165, 1.54) is 63.5 Å². The third-order valence-corrected chi connectivity index (χ3v) is 4.43. The van der Waals surface area contributed by atoms with E-state index in [0.29, 0.717) is 0 Å². The Morgan fingerprint density at radius 2 is 1.84 bits per heavy atom. The monoisotopic (exact) mass is 259 g/mol. The summed E-state index contributed by atoms with van der Waals surface area (Å²) in [5.74, 6) is 0.949. The van der Waals surface area contributed by atoms with Crippen molar-refractivity contribution in [3.05, 3.63) is 35.9 Å². The number of unbranched alkanes of at least 4 members (excludes halogenated alkanes) is 1. The molecule has 0 aromatic heterocycles. The molecule has 1 aliphatic rings. The standard InChI is InChI=1S/C18H29N/c1-16-8-7-12-18(14-13-16)19-15-6-5-11-17-9-3-2-4-10-17/h2-4,9-10,16,18-19H,5-8,11-15H2,1H3. The Morgan fingerprint density at radius 3 is 2.68 bits per heavy atom. The molecule has 2 unspecified atom stereocenters. The third kappa shape index (κ3) is 5.78. The lowest BCUT2D eigenvalue weighted by atomic mass is 10.0. The van der Waals surface area contributed by atoms with Crippen molar-refractivity contribution >= 4 is 0 Å². The topological polar surface area (TPSA) is 12.0 Å². The van der Waals surface area contributed by atoms with Gasteiger partial charge in [0.2, 0.25) is 0 Å². The van der Waals surface area contributed by atoms with Crippen molar-refractivity contribution < 1.29 is 0 Å². The smallest absolute Gasteiger partial charge is 0.00671 e. The van der Waals surface area contributed by atoms with Gasteiger partial charge in [-0.25, -0.2) is 0 Å². The van der Waals surface area contributed by atoms with Crippen LogP contribution in [0.1, 0.15) is 57.4 Å². The fourth-order valence-electron chi connectivity index (χ4n) is 3.10. The highest BCUT2D eigenvalue weighted by Crippen LogP contribution is 2.22. The molecule has 0 bridgehead atoms. The average Bonchev–Trinajstić information content (AvgIpc) is 2.64. The fourth-order valence-corrected chi connectivity index (χ4v) is 3.10. The Bertz CT molecular complexity index is 333. The third-order valence-electron chi connectivity index (χ3n) is 4.43. The maximum absolute atomic E-state index is 3.77. The molecule has 1 N–H and O–H groups in total. The van der Waals surface area contributed by atoms with Gasteiger partial charge in [-0.3, -0.25) is 0 Å². The summed E-state index contributed by atoms with van der Waals surface area (Å²) in [7, 11) is 0. The molecule has 2 rings (SSSR count). The molecule has 2 atom stereocenters. The first-order valence-electron chi connectivity index (χ1n) is 8.12. The number of aryl methyl sites for hydroxylation is 1. The first-order chi connectivity index (χ1) is 9.34. The van der Waals surface area contributed by atoms with Crippen LogP contribution in [0.4, 0.5) is 0 Å². The summed E-state index contributed by atoms with van der Waals surface area (Å²) in [4.78, 5) is 0. The molecule has 1 saturated carbocycles. The van der Waals surface area contributed by atoms with Gasteiger partial charge in [0.05, 0.1) is 0 Å². The molecule has 0 radical (unpaired) electrons. The molecule has 0 aliphatic heterocycles. The maximum atomic E-state index is 3.77. The molecule has 0 heterocycles. The number of rotatable bonds is 6.